The van der Waals surface area contributed by atoms with Crippen molar-refractivity contribution >= 4 is 39.9 Å². The normalized spacial score (nSPS) is 11.2. The van der Waals surface area contributed by atoms with Gasteiger partial charge < -0.3 is 5.32 Å². The Morgan fingerprint density at radius 1 is 1.04 bits per heavy atom. The van der Waals surface area contributed by atoms with Gasteiger partial charge >= 0.3 is 6.03 Å². The summed E-state index contributed by atoms with van der Waals surface area (Å²) in [5, 5.41) is 15.1. The number of nitrogens with zero attached hydrogens (tertiary/aromatic N) is 3. The lowest BCUT2D eigenvalue weighted by atomic mass is 9.98. The van der Waals surface area contributed by atoms with Crippen LogP contribution in [0.2, 0.25) is 0 Å². The van der Waals surface area contributed by atoms with Crippen LogP contribution in [0, 0.1) is 0 Å². The minimum atomic E-state index is -0.340. The van der Waals surface area contributed by atoms with Crippen LogP contribution in [0.5, 0.6) is 0 Å². The Morgan fingerprint density at radius 3 is 2.50 bits per heavy atom. The SMILES string of the molecule is CC(C)(C)c1nnc(NC(=O)Nc2cccc(Sc3ccncc3)c2)s1. The molecule has 0 aliphatic heterocycles. The number of hydrogen-bond acceptors (Lipinski definition) is 6. The molecule has 0 radical (unpaired) electrons. The number of nitrogens with one attached hydrogen (secondary N) is 2. The van der Waals surface area contributed by atoms with Crippen LogP contribution in [0.1, 0.15) is 25.8 Å². The number of benzene rings is 1. The Balaban J connectivity index is 1.62. The molecule has 0 saturated carbocycles. The zero-order chi connectivity index (χ0) is 18.6. The molecule has 0 fully saturated rings. The number of aromatic nitrogens is 3. The molecule has 0 aliphatic carbocycles. The van der Waals surface area contributed by atoms with Gasteiger partial charge in [0.05, 0.1) is 0 Å². The molecule has 0 unspecified atom stereocenters. The van der Waals surface area contributed by atoms with Crippen LogP contribution < -0.4 is 10.6 Å². The standard InChI is InChI=1S/C18H19N5OS2/c1-18(2,3)15-22-23-17(26-15)21-16(24)20-12-5-4-6-14(11-12)25-13-7-9-19-10-8-13/h4-11H,1-3H3,(H2,20,21,23,24). The van der Waals surface area contributed by atoms with Crippen LogP contribution in [-0.2, 0) is 5.41 Å². The molecule has 0 bridgehead atoms. The third-order valence-corrected chi connectivity index (χ3v) is 5.53. The maximum Gasteiger partial charge on any atom is 0.325 e. The van der Waals surface area contributed by atoms with Gasteiger partial charge in [-0.25, -0.2) is 4.79 Å². The molecule has 0 spiro atoms. The average Bonchev–Trinajstić information content (AvgIpc) is 3.05. The Morgan fingerprint density at radius 2 is 1.81 bits per heavy atom. The number of urea groups is 1. The highest BCUT2D eigenvalue weighted by molar-refractivity contribution is 7.99. The predicted octanol–water partition coefficient (Wildman–Crippen LogP) is 5.03. The summed E-state index contributed by atoms with van der Waals surface area (Å²) < 4.78 is 0. The number of rotatable bonds is 4. The van der Waals surface area contributed by atoms with E-state index in [4.69, 9.17) is 0 Å². The highest BCUT2D eigenvalue weighted by Crippen LogP contribution is 2.29. The van der Waals surface area contributed by atoms with Crippen molar-refractivity contribution in [3.63, 3.8) is 0 Å². The zero-order valence-corrected chi connectivity index (χ0v) is 16.3. The lowest BCUT2D eigenvalue weighted by Gasteiger charge is -2.12. The Hall–Kier alpha value is -2.45. The molecule has 0 aliphatic rings. The first-order valence-corrected chi connectivity index (χ1v) is 9.63. The van der Waals surface area contributed by atoms with Gasteiger partial charge in [-0.15, -0.1) is 10.2 Å². The van der Waals surface area contributed by atoms with Crippen LogP contribution >= 0.6 is 23.1 Å². The third-order valence-electron chi connectivity index (χ3n) is 3.26. The lowest BCUT2D eigenvalue weighted by molar-refractivity contribution is 0.262. The number of amides is 2. The van der Waals surface area contributed by atoms with Gasteiger partial charge in [-0.05, 0) is 30.3 Å². The molecule has 2 heterocycles. The number of carbonyl (C=O) groups excluding carboxylic acids is 1. The summed E-state index contributed by atoms with van der Waals surface area (Å²) in [6.07, 6.45) is 3.51. The number of anilines is 2. The maximum absolute atomic E-state index is 12.2. The number of carbonyl (C=O) groups is 1. The molecule has 0 atom stereocenters. The Bertz CT molecular complexity index is 890. The fraction of sp³-hybridized carbons (Fsp3) is 0.222. The van der Waals surface area contributed by atoms with E-state index >= 15 is 0 Å². The van der Waals surface area contributed by atoms with Crippen molar-refractivity contribution in [3.8, 4) is 0 Å². The topological polar surface area (TPSA) is 79.8 Å². The van der Waals surface area contributed by atoms with E-state index in [1.807, 2.05) is 36.4 Å². The molecule has 3 rings (SSSR count). The second kappa shape index (κ2) is 7.84. The van der Waals surface area contributed by atoms with E-state index in [1.54, 1.807) is 24.2 Å². The van der Waals surface area contributed by atoms with Crippen molar-refractivity contribution in [2.45, 2.75) is 36.0 Å². The van der Waals surface area contributed by atoms with Crippen molar-refractivity contribution in [1.82, 2.24) is 15.2 Å². The zero-order valence-electron chi connectivity index (χ0n) is 14.7. The molecular weight excluding hydrogens is 366 g/mol. The van der Waals surface area contributed by atoms with Crippen molar-refractivity contribution in [2.75, 3.05) is 10.6 Å². The van der Waals surface area contributed by atoms with Crippen LogP contribution in [-0.4, -0.2) is 21.2 Å². The molecule has 0 saturated heterocycles. The molecule has 2 N–H and O–H groups in total. The van der Waals surface area contributed by atoms with Crippen LogP contribution in [0.4, 0.5) is 15.6 Å². The fourth-order valence-electron chi connectivity index (χ4n) is 2.02. The maximum atomic E-state index is 12.2. The quantitative estimate of drug-likeness (QED) is 0.659. The van der Waals surface area contributed by atoms with E-state index in [-0.39, 0.29) is 11.4 Å². The molecular formula is C18H19N5OS2. The van der Waals surface area contributed by atoms with Crippen LogP contribution in [0.15, 0.2) is 58.6 Å². The Kier molecular flexibility index (Phi) is 5.53. The molecule has 2 amide bonds. The van der Waals surface area contributed by atoms with Crippen LogP contribution in [0.25, 0.3) is 0 Å². The van der Waals surface area contributed by atoms with E-state index in [2.05, 4.69) is 46.6 Å². The summed E-state index contributed by atoms with van der Waals surface area (Å²) >= 11 is 2.99. The third kappa shape index (κ3) is 5.03. The Labute approximate surface area is 160 Å². The van der Waals surface area contributed by atoms with E-state index in [0.29, 0.717) is 10.8 Å². The van der Waals surface area contributed by atoms with Gasteiger partial charge in [-0.3, -0.25) is 10.3 Å². The van der Waals surface area contributed by atoms with Crippen molar-refractivity contribution in [1.29, 1.82) is 0 Å². The first-order valence-electron chi connectivity index (χ1n) is 8.00. The van der Waals surface area contributed by atoms with E-state index in [1.165, 1.54) is 11.3 Å². The summed E-state index contributed by atoms with van der Waals surface area (Å²) in [6, 6.07) is 11.2. The molecule has 1 aromatic carbocycles. The van der Waals surface area contributed by atoms with Gasteiger partial charge in [0.2, 0.25) is 5.13 Å². The molecule has 6 nitrogen and oxygen atoms in total. The second-order valence-corrected chi connectivity index (χ2v) is 8.68. The molecule has 2 aromatic heterocycles. The summed E-state index contributed by atoms with van der Waals surface area (Å²) in [6.45, 7) is 6.18. The first-order chi connectivity index (χ1) is 12.4. The predicted molar refractivity (Wildman–Crippen MR) is 106 cm³/mol. The van der Waals surface area contributed by atoms with E-state index in [0.717, 1.165) is 14.8 Å². The largest absolute Gasteiger partial charge is 0.325 e. The first kappa shape index (κ1) is 18.3. The molecule has 26 heavy (non-hydrogen) atoms. The van der Waals surface area contributed by atoms with Gasteiger partial charge in [0.1, 0.15) is 5.01 Å². The van der Waals surface area contributed by atoms with E-state index < -0.39 is 0 Å². The summed E-state index contributed by atoms with van der Waals surface area (Å²) in [5.41, 5.74) is 0.620. The van der Waals surface area contributed by atoms with Gasteiger partial charge in [-0.1, -0.05) is 49.9 Å². The smallest absolute Gasteiger partial charge is 0.308 e. The molecule has 134 valence electrons. The summed E-state index contributed by atoms with van der Waals surface area (Å²) in [7, 11) is 0. The minimum absolute atomic E-state index is 0.0907. The van der Waals surface area contributed by atoms with Crippen LogP contribution in [0.3, 0.4) is 0 Å². The van der Waals surface area contributed by atoms with Gasteiger partial charge in [0.25, 0.3) is 0 Å². The second-order valence-electron chi connectivity index (χ2n) is 6.55. The highest BCUT2D eigenvalue weighted by atomic mass is 32.2. The minimum Gasteiger partial charge on any atom is -0.308 e. The van der Waals surface area contributed by atoms with Gasteiger partial charge in [0.15, 0.2) is 0 Å². The summed E-state index contributed by atoms with van der Waals surface area (Å²) in [4.78, 5) is 18.3. The van der Waals surface area contributed by atoms with Gasteiger partial charge in [-0.2, -0.15) is 0 Å². The highest BCUT2D eigenvalue weighted by Gasteiger charge is 2.20. The van der Waals surface area contributed by atoms with Crippen molar-refractivity contribution < 1.29 is 4.79 Å². The number of pyridine rings is 1. The monoisotopic (exact) mass is 385 g/mol. The van der Waals surface area contributed by atoms with Crippen molar-refractivity contribution in [3.05, 3.63) is 53.8 Å². The lowest BCUT2D eigenvalue weighted by Crippen LogP contribution is -2.19. The van der Waals surface area contributed by atoms with Crippen molar-refractivity contribution in [2.24, 2.45) is 0 Å². The molecule has 3 aromatic rings. The summed E-state index contributed by atoms with van der Waals surface area (Å²) in [5.74, 6) is 0. The molecule has 8 heteroatoms. The van der Waals surface area contributed by atoms with E-state index in [9.17, 15) is 4.79 Å². The number of hydrogen-bond donors (Lipinski definition) is 2. The average molecular weight is 386 g/mol. The fourth-order valence-corrected chi connectivity index (χ4v) is 3.67. The van der Waals surface area contributed by atoms with Gasteiger partial charge in [0, 0.05) is 33.3 Å².